The minimum absolute atomic E-state index is 0.464. The van der Waals surface area contributed by atoms with E-state index < -0.39 is 0 Å². The summed E-state index contributed by atoms with van der Waals surface area (Å²) in [4.78, 5) is 2.62. The highest BCUT2D eigenvalue weighted by atomic mass is 127. The van der Waals surface area contributed by atoms with Crippen LogP contribution in [0.15, 0.2) is 24.3 Å². The number of nitrogens with zero attached hydrogens (tertiary/aromatic N) is 1. The Morgan fingerprint density at radius 2 is 2.00 bits per heavy atom. The summed E-state index contributed by atoms with van der Waals surface area (Å²) in [6, 6.07) is 10.5. The van der Waals surface area contributed by atoms with Crippen LogP contribution in [0.4, 0.5) is 0 Å². The predicted molar refractivity (Wildman–Crippen MR) is 85.6 cm³/mol. The first-order valence-electron chi connectivity index (χ1n) is 6.86. The average molecular weight is 358 g/mol. The number of hydrogen-bond acceptors (Lipinski definition) is 2. The summed E-state index contributed by atoms with van der Waals surface area (Å²) >= 11 is 2.36. The molecule has 3 unspecified atom stereocenters. The summed E-state index contributed by atoms with van der Waals surface area (Å²) in [5.41, 5.74) is 7.36. The summed E-state index contributed by atoms with van der Waals surface area (Å²) in [6.07, 6.45) is 3.86. The van der Waals surface area contributed by atoms with E-state index in [4.69, 9.17) is 5.73 Å². The fourth-order valence-corrected chi connectivity index (χ4v) is 3.52. The molecule has 1 fully saturated rings. The molecule has 100 valence electrons. The first-order chi connectivity index (χ1) is 8.63. The van der Waals surface area contributed by atoms with Crippen molar-refractivity contribution in [2.75, 3.05) is 6.54 Å². The van der Waals surface area contributed by atoms with Crippen LogP contribution in [0.1, 0.15) is 44.7 Å². The van der Waals surface area contributed by atoms with Crippen LogP contribution in [0.25, 0.3) is 0 Å². The summed E-state index contributed by atoms with van der Waals surface area (Å²) in [7, 11) is 0. The van der Waals surface area contributed by atoms with Gasteiger partial charge in [0.2, 0.25) is 0 Å². The first kappa shape index (κ1) is 14.3. The summed E-state index contributed by atoms with van der Waals surface area (Å²) in [5, 5.41) is 0. The van der Waals surface area contributed by atoms with Gasteiger partial charge in [-0.3, -0.25) is 4.90 Å². The summed E-state index contributed by atoms with van der Waals surface area (Å²) in [6.45, 7) is 5.43. The fraction of sp³-hybridized carbons (Fsp3) is 0.600. The molecule has 2 rings (SSSR count). The van der Waals surface area contributed by atoms with E-state index in [0.717, 1.165) is 6.54 Å². The third-order valence-corrected chi connectivity index (χ3v) is 4.88. The van der Waals surface area contributed by atoms with Crippen molar-refractivity contribution < 1.29 is 0 Å². The lowest BCUT2D eigenvalue weighted by Gasteiger charge is -2.44. The van der Waals surface area contributed by atoms with Gasteiger partial charge in [-0.1, -0.05) is 18.6 Å². The Labute approximate surface area is 124 Å². The van der Waals surface area contributed by atoms with E-state index in [1.807, 2.05) is 0 Å². The van der Waals surface area contributed by atoms with Crippen LogP contribution in [0, 0.1) is 3.57 Å². The van der Waals surface area contributed by atoms with Gasteiger partial charge in [0, 0.05) is 28.2 Å². The Morgan fingerprint density at radius 3 is 2.61 bits per heavy atom. The molecule has 1 heterocycles. The van der Waals surface area contributed by atoms with Crippen LogP contribution in [0.3, 0.4) is 0 Å². The molecular weight excluding hydrogens is 335 g/mol. The van der Waals surface area contributed by atoms with Gasteiger partial charge in [0.25, 0.3) is 0 Å². The second kappa shape index (κ2) is 6.35. The zero-order chi connectivity index (χ0) is 13.1. The molecule has 1 saturated heterocycles. The number of hydrogen-bond donors (Lipinski definition) is 1. The molecule has 0 aliphatic carbocycles. The SMILES string of the molecule is CC1CCCC(CN)N1C(C)c1ccc(I)cc1. The molecular formula is C15H23IN2. The topological polar surface area (TPSA) is 29.3 Å². The Hall–Kier alpha value is -0.130. The highest BCUT2D eigenvalue weighted by Crippen LogP contribution is 2.32. The van der Waals surface area contributed by atoms with E-state index in [0.29, 0.717) is 18.1 Å². The van der Waals surface area contributed by atoms with Gasteiger partial charge >= 0.3 is 0 Å². The molecule has 2 nitrogen and oxygen atoms in total. The van der Waals surface area contributed by atoms with Crippen LogP contribution in [-0.2, 0) is 0 Å². The maximum absolute atomic E-state index is 5.95. The lowest BCUT2D eigenvalue weighted by atomic mass is 9.92. The Kier molecular flexibility index (Phi) is 5.04. The molecule has 3 atom stereocenters. The quantitative estimate of drug-likeness (QED) is 0.838. The standard InChI is InChI=1S/C15H23IN2/c1-11-4-3-5-15(10-17)18(11)12(2)13-6-8-14(16)9-7-13/h6-9,11-12,15H,3-5,10,17H2,1-2H3. The molecule has 18 heavy (non-hydrogen) atoms. The van der Waals surface area contributed by atoms with E-state index in [-0.39, 0.29) is 0 Å². The van der Waals surface area contributed by atoms with Gasteiger partial charge in [-0.25, -0.2) is 0 Å². The Morgan fingerprint density at radius 1 is 1.33 bits per heavy atom. The first-order valence-corrected chi connectivity index (χ1v) is 7.94. The van der Waals surface area contributed by atoms with Gasteiger partial charge in [0.15, 0.2) is 0 Å². The van der Waals surface area contributed by atoms with Gasteiger partial charge in [-0.2, -0.15) is 0 Å². The van der Waals surface area contributed by atoms with E-state index >= 15 is 0 Å². The minimum atomic E-state index is 0.464. The fourth-order valence-electron chi connectivity index (χ4n) is 3.16. The maximum Gasteiger partial charge on any atom is 0.0326 e. The zero-order valence-corrected chi connectivity index (χ0v) is 13.4. The van der Waals surface area contributed by atoms with Gasteiger partial charge < -0.3 is 5.73 Å². The monoisotopic (exact) mass is 358 g/mol. The van der Waals surface area contributed by atoms with Crippen molar-refractivity contribution in [2.24, 2.45) is 5.73 Å². The minimum Gasteiger partial charge on any atom is -0.329 e. The molecule has 0 radical (unpaired) electrons. The van der Waals surface area contributed by atoms with Gasteiger partial charge in [0.1, 0.15) is 0 Å². The summed E-state index contributed by atoms with van der Waals surface area (Å²) in [5.74, 6) is 0. The molecule has 0 amide bonds. The van der Waals surface area contributed by atoms with Crippen molar-refractivity contribution in [3.05, 3.63) is 33.4 Å². The number of piperidine rings is 1. The molecule has 0 spiro atoms. The number of nitrogens with two attached hydrogens (primary N) is 1. The van der Waals surface area contributed by atoms with Crippen LogP contribution in [-0.4, -0.2) is 23.5 Å². The second-order valence-electron chi connectivity index (χ2n) is 5.34. The molecule has 0 aromatic heterocycles. The van der Waals surface area contributed by atoms with Crippen molar-refractivity contribution in [1.82, 2.24) is 4.90 Å². The van der Waals surface area contributed by atoms with Crippen LogP contribution in [0.5, 0.6) is 0 Å². The van der Waals surface area contributed by atoms with E-state index in [2.05, 4.69) is 65.6 Å². The highest BCUT2D eigenvalue weighted by molar-refractivity contribution is 14.1. The van der Waals surface area contributed by atoms with Crippen molar-refractivity contribution in [3.63, 3.8) is 0 Å². The average Bonchev–Trinajstić information content (AvgIpc) is 2.38. The van der Waals surface area contributed by atoms with E-state index in [1.165, 1.54) is 28.4 Å². The predicted octanol–water partition coefficient (Wildman–Crippen LogP) is 3.55. The zero-order valence-electron chi connectivity index (χ0n) is 11.3. The van der Waals surface area contributed by atoms with Crippen LogP contribution in [0.2, 0.25) is 0 Å². The number of benzene rings is 1. The van der Waals surface area contributed by atoms with Crippen molar-refractivity contribution in [2.45, 2.75) is 51.2 Å². The number of halogens is 1. The van der Waals surface area contributed by atoms with E-state index in [1.54, 1.807) is 0 Å². The van der Waals surface area contributed by atoms with Gasteiger partial charge in [-0.15, -0.1) is 0 Å². The molecule has 2 N–H and O–H groups in total. The lowest BCUT2D eigenvalue weighted by Crippen LogP contribution is -2.49. The molecule has 1 aromatic rings. The largest absolute Gasteiger partial charge is 0.329 e. The maximum atomic E-state index is 5.95. The molecule has 1 aliphatic rings. The van der Waals surface area contributed by atoms with Crippen LogP contribution < -0.4 is 5.73 Å². The molecule has 0 saturated carbocycles. The lowest BCUT2D eigenvalue weighted by molar-refractivity contribution is 0.0570. The Bertz CT molecular complexity index is 377. The third-order valence-electron chi connectivity index (χ3n) is 4.16. The van der Waals surface area contributed by atoms with Crippen molar-refractivity contribution >= 4 is 22.6 Å². The van der Waals surface area contributed by atoms with Gasteiger partial charge in [-0.05, 0) is 67.0 Å². The smallest absolute Gasteiger partial charge is 0.0326 e. The van der Waals surface area contributed by atoms with Crippen molar-refractivity contribution in [3.8, 4) is 0 Å². The third kappa shape index (κ3) is 3.06. The normalized spacial score (nSPS) is 27.1. The molecule has 3 heteroatoms. The number of rotatable bonds is 3. The molecule has 1 aliphatic heterocycles. The van der Waals surface area contributed by atoms with Crippen LogP contribution >= 0.6 is 22.6 Å². The second-order valence-corrected chi connectivity index (χ2v) is 6.59. The molecule has 0 bridgehead atoms. The highest BCUT2D eigenvalue weighted by Gasteiger charge is 2.31. The summed E-state index contributed by atoms with van der Waals surface area (Å²) < 4.78 is 1.30. The van der Waals surface area contributed by atoms with E-state index in [9.17, 15) is 0 Å². The van der Waals surface area contributed by atoms with Crippen molar-refractivity contribution in [1.29, 1.82) is 0 Å². The number of likely N-dealkylation sites (tertiary alicyclic amines) is 1. The molecule has 1 aromatic carbocycles. The van der Waals surface area contributed by atoms with Gasteiger partial charge in [0.05, 0.1) is 0 Å². The Balaban J connectivity index is 2.19.